The molecule has 0 saturated heterocycles. The second-order valence-corrected chi connectivity index (χ2v) is 5.46. The molecule has 110 valence electrons. The van der Waals surface area contributed by atoms with Crippen LogP contribution < -0.4 is 10.9 Å². The molecule has 0 unspecified atom stereocenters. The zero-order chi connectivity index (χ0) is 15.7. The maximum absolute atomic E-state index is 12.5. The molecule has 0 saturated carbocycles. The van der Waals surface area contributed by atoms with Crippen molar-refractivity contribution in [1.29, 1.82) is 0 Å². The lowest BCUT2D eigenvalue weighted by atomic mass is 10.1. The van der Waals surface area contributed by atoms with Crippen molar-refractivity contribution < 1.29 is 4.79 Å². The van der Waals surface area contributed by atoms with Crippen molar-refractivity contribution in [2.24, 2.45) is 0 Å². The van der Waals surface area contributed by atoms with Gasteiger partial charge in [-0.05, 0) is 18.2 Å². The second kappa shape index (κ2) is 5.83. The van der Waals surface area contributed by atoms with E-state index in [-0.39, 0.29) is 11.1 Å². The van der Waals surface area contributed by atoms with Gasteiger partial charge < -0.3 is 10.3 Å². The van der Waals surface area contributed by atoms with E-state index in [0.717, 1.165) is 0 Å². The zero-order valence-corrected chi connectivity index (χ0v) is 12.7. The van der Waals surface area contributed by atoms with E-state index in [2.05, 4.69) is 10.3 Å². The number of hydrogen-bond donors (Lipinski definition) is 2. The Morgan fingerprint density at radius 2 is 1.68 bits per heavy atom. The molecule has 0 atom stereocenters. The van der Waals surface area contributed by atoms with Crippen LogP contribution in [0.1, 0.15) is 10.4 Å². The van der Waals surface area contributed by atoms with Gasteiger partial charge in [-0.2, -0.15) is 0 Å². The Labute approximate surface area is 135 Å². The van der Waals surface area contributed by atoms with Crippen LogP contribution in [-0.2, 0) is 0 Å². The first-order valence-electron chi connectivity index (χ1n) is 6.43. The summed E-state index contributed by atoms with van der Waals surface area (Å²) in [6.07, 6.45) is 0. The summed E-state index contributed by atoms with van der Waals surface area (Å²) in [4.78, 5) is 26.9. The number of aromatic nitrogens is 1. The van der Waals surface area contributed by atoms with Crippen LogP contribution in [0.25, 0.3) is 10.9 Å². The van der Waals surface area contributed by atoms with Gasteiger partial charge in [-0.15, -0.1) is 0 Å². The molecule has 0 radical (unpaired) electrons. The van der Waals surface area contributed by atoms with Gasteiger partial charge in [-0.1, -0.05) is 47.5 Å². The van der Waals surface area contributed by atoms with E-state index >= 15 is 0 Å². The predicted octanol–water partition coefficient (Wildman–Crippen LogP) is 4.09. The molecule has 0 fully saturated rings. The minimum absolute atomic E-state index is 0.260. The Balaban J connectivity index is 2.08. The lowest BCUT2D eigenvalue weighted by Gasteiger charge is -2.10. The van der Waals surface area contributed by atoms with Crippen LogP contribution in [0, 0.1) is 0 Å². The van der Waals surface area contributed by atoms with Gasteiger partial charge in [0.15, 0.2) is 0 Å². The van der Waals surface area contributed by atoms with E-state index < -0.39 is 5.91 Å². The molecule has 4 nitrogen and oxygen atoms in total. The van der Waals surface area contributed by atoms with Crippen LogP contribution in [0.5, 0.6) is 0 Å². The number of halogens is 2. The minimum Gasteiger partial charge on any atom is -0.322 e. The molecular weight excluding hydrogens is 323 g/mol. The van der Waals surface area contributed by atoms with Crippen LogP contribution in [0.15, 0.2) is 53.3 Å². The first-order chi connectivity index (χ1) is 10.6. The summed E-state index contributed by atoms with van der Waals surface area (Å²) in [5.41, 5.74) is 0.815. The van der Waals surface area contributed by atoms with Gasteiger partial charge in [0, 0.05) is 17.0 Å². The van der Waals surface area contributed by atoms with E-state index in [0.29, 0.717) is 26.6 Å². The smallest absolute Gasteiger partial charge is 0.256 e. The van der Waals surface area contributed by atoms with Crippen molar-refractivity contribution >= 4 is 45.7 Å². The number of amides is 1. The first-order valence-corrected chi connectivity index (χ1v) is 7.19. The van der Waals surface area contributed by atoms with Gasteiger partial charge in [0.05, 0.1) is 21.3 Å². The molecule has 0 spiro atoms. The highest BCUT2D eigenvalue weighted by Crippen LogP contribution is 2.30. The number of carbonyl (C=O) groups is 1. The summed E-state index contributed by atoms with van der Waals surface area (Å²) in [7, 11) is 0. The molecule has 0 aliphatic heterocycles. The number of pyridine rings is 1. The molecule has 22 heavy (non-hydrogen) atoms. The van der Waals surface area contributed by atoms with Crippen molar-refractivity contribution in [3.8, 4) is 0 Å². The summed E-state index contributed by atoms with van der Waals surface area (Å²) >= 11 is 12.1. The number of fused-ring (bicyclic) bond motifs is 1. The Morgan fingerprint density at radius 1 is 1.00 bits per heavy atom. The zero-order valence-electron chi connectivity index (χ0n) is 11.2. The SMILES string of the molecule is O=C(Nc1c(Cl)cccc1Cl)c1cc(=O)[nH]c2ccccc12. The number of H-pyrrole nitrogens is 1. The second-order valence-electron chi connectivity index (χ2n) is 4.64. The van der Waals surface area contributed by atoms with E-state index in [1.54, 1.807) is 42.5 Å². The van der Waals surface area contributed by atoms with E-state index in [4.69, 9.17) is 23.2 Å². The predicted molar refractivity (Wildman–Crippen MR) is 89.0 cm³/mol. The number of rotatable bonds is 2. The highest BCUT2D eigenvalue weighted by Gasteiger charge is 2.14. The van der Waals surface area contributed by atoms with E-state index in [1.165, 1.54) is 6.07 Å². The number of nitrogens with one attached hydrogen (secondary N) is 2. The van der Waals surface area contributed by atoms with Crippen molar-refractivity contribution in [2.75, 3.05) is 5.32 Å². The Kier molecular flexibility index (Phi) is 3.88. The Hall–Kier alpha value is -2.30. The van der Waals surface area contributed by atoms with Crippen molar-refractivity contribution in [3.05, 3.63) is 74.5 Å². The van der Waals surface area contributed by atoms with Crippen LogP contribution in [0.3, 0.4) is 0 Å². The number of hydrogen-bond acceptors (Lipinski definition) is 2. The fourth-order valence-electron chi connectivity index (χ4n) is 2.19. The summed E-state index contributed by atoms with van der Waals surface area (Å²) in [6, 6.07) is 13.2. The van der Waals surface area contributed by atoms with Crippen LogP contribution in [0.2, 0.25) is 10.0 Å². The highest BCUT2D eigenvalue weighted by molar-refractivity contribution is 6.40. The quantitative estimate of drug-likeness (QED) is 0.742. The van der Waals surface area contributed by atoms with Crippen molar-refractivity contribution in [1.82, 2.24) is 4.98 Å². The number of benzene rings is 2. The topological polar surface area (TPSA) is 62.0 Å². The average molecular weight is 333 g/mol. The average Bonchev–Trinajstić information content (AvgIpc) is 2.50. The van der Waals surface area contributed by atoms with Gasteiger partial charge in [0.1, 0.15) is 0 Å². The van der Waals surface area contributed by atoms with Gasteiger partial charge in [0.2, 0.25) is 5.56 Å². The Bertz CT molecular complexity index is 915. The summed E-state index contributed by atoms with van der Waals surface area (Å²) < 4.78 is 0. The van der Waals surface area contributed by atoms with Gasteiger partial charge >= 0.3 is 0 Å². The first kappa shape index (κ1) is 14.6. The fourth-order valence-corrected chi connectivity index (χ4v) is 2.68. The highest BCUT2D eigenvalue weighted by atomic mass is 35.5. The maximum atomic E-state index is 12.5. The third kappa shape index (κ3) is 2.71. The third-order valence-corrected chi connectivity index (χ3v) is 3.83. The van der Waals surface area contributed by atoms with E-state index in [1.807, 2.05) is 0 Å². The fraction of sp³-hybridized carbons (Fsp3) is 0. The van der Waals surface area contributed by atoms with Crippen LogP contribution in [0.4, 0.5) is 5.69 Å². The normalized spacial score (nSPS) is 10.6. The summed E-state index contributed by atoms with van der Waals surface area (Å²) in [6.45, 7) is 0. The molecule has 2 aromatic carbocycles. The number of anilines is 1. The third-order valence-electron chi connectivity index (χ3n) is 3.20. The molecule has 3 aromatic rings. The number of aromatic amines is 1. The maximum Gasteiger partial charge on any atom is 0.256 e. The van der Waals surface area contributed by atoms with Crippen molar-refractivity contribution in [2.45, 2.75) is 0 Å². The van der Waals surface area contributed by atoms with Crippen LogP contribution >= 0.6 is 23.2 Å². The monoisotopic (exact) mass is 332 g/mol. The van der Waals surface area contributed by atoms with Gasteiger partial charge in [-0.25, -0.2) is 0 Å². The van der Waals surface area contributed by atoms with E-state index in [9.17, 15) is 9.59 Å². The summed E-state index contributed by atoms with van der Waals surface area (Å²) in [5, 5.41) is 3.96. The standard InChI is InChI=1S/C16H10Cl2N2O2/c17-11-5-3-6-12(18)15(11)20-16(22)10-8-14(21)19-13-7-2-1-4-9(10)13/h1-8H,(H,19,21)(H,20,22). The van der Waals surface area contributed by atoms with Gasteiger partial charge in [-0.3, -0.25) is 9.59 Å². The Morgan fingerprint density at radius 3 is 2.41 bits per heavy atom. The molecule has 3 rings (SSSR count). The number of para-hydroxylation sites is 2. The lowest BCUT2D eigenvalue weighted by molar-refractivity contribution is 0.102. The molecular formula is C16H10Cl2N2O2. The molecule has 1 amide bonds. The summed E-state index contributed by atoms with van der Waals surface area (Å²) in [5.74, 6) is -0.447. The van der Waals surface area contributed by atoms with Crippen molar-refractivity contribution in [3.63, 3.8) is 0 Å². The molecule has 0 aliphatic carbocycles. The van der Waals surface area contributed by atoms with Crippen LogP contribution in [-0.4, -0.2) is 10.9 Å². The van der Waals surface area contributed by atoms with Gasteiger partial charge in [0.25, 0.3) is 5.91 Å². The molecule has 0 aliphatic rings. The molecule has 2 N–H and O–H groups in total. The lowest BCUT2D eigenvalue weighted by Crippen LogP contribution is -2.17. The number of carbonyl (C=O) groups excluding carboxylic acids is 1. The largest absolute Gasteiger partial charge is 0.322 e. The molecule has 1 heterocycles. The molecule has 6 heteroatoms. The molecule has 0 bridgehead atoms. The molecule has 1 aromatic heterocycles. The minimum atomic E-state index is -0.447.